The van der Waals surface area contributed by atoms with Crippen LogP contribution in [0.15, 0.2) is 45.6 Å². The average molecular weight is 483 g/mol. The van der Waals surface area contributed by atoms with E-state index in [-0.39, 0.29) is 33.4 Å². The number of likely N-dealkylation sites (tertiary alicyclic amines) is 1. The van der Waals surface area contributed by atoms with Gasteiger partial charge in [0, 0.05) is 35.7 Å². The lowest BCUT2D eigenvalue weighted by Gasteiger charge is -2.34. The molecule has 2 heterocycles. The number of nitrogens with zero attached hydrogens (tertiary/aromatic N) is 1. The molecule has 170 valence electrons. The van der Waals surface area contributed by atoms with Crippen molar-refractivity contribution in [3.63, 3.8) is 0 Å². The molecule has 32 heavy (non-hydrogen) atoms. The first-order valence-electron chi connectivity index (χ1n) is 10.2. The number of hydrogen-bond acceptors (Lipinski definition) is 7. The van der Waals surface area contributed by atoms with Crippen LogP contribution in [0.4, 0.5) is 0 Å². The molecule has 2 unspecified atom stereocenters. The van der Waals surface area contributed by atoms with Crippen LogP contribution in [0.5, 0.6) is 11.5 Å². The Balaban J connectivity index is 2.03. The van der Waals surface area contributed by atoms with E-state index in [1.807, 2.05) is 11.9 Å². The van der Waals surface area contributed by atoms with E-state index in [1.54, 1.807) is 0 Å². The predicted octanol–water partition coefficient (Wildman–Crippen LogP) is 3.07. The summed E-state index contributed by atoms with van der Waals surface area (Å²) in [6, 6.07) is 6.50. The fourth-order valence-corrected chi connectivity index (χ4v) is 4.65. The third-order valence-electron chi connectivity index (χ3n) is 5.43. The topological polar surface area (TPSA) is 141 Å². The number of likely N-dealkylation sites (N-methyl/N-ethyl adjacent to an activating group) is 1. The molecule has 0 spiro atoms. The standard InChI is InChI=1S/C21H21ClNO8P/c1-23-7-6-12(16(26)10-23)19-14(24)9-18(31-32(27,28)29)20-15(25)8-17(30-21(19)20)11-4-2-3-5-13(11)22/h2-5,8-9,12,16,24,26H,6-7,10H2,1H3,(H2,27,28,29)/i3D. The van der Waals surface area contributed by atoms with E-state index in [1.165, 1.54) is 18.2 Å². The zero-order valence-electron chi connectivity index (χ0n) is 17.9. The third kappa shape index (κ3) is 4.41. The van der Waals surface area contributed by atoms with Crippen molar-refractivity contribution in [1.82, 2.24) is 4.90 Å². The minimum atomic E-state index is -5.07. The molecule has 4 N–H and O–H groups in total. The van der Waals surface area contributed by atoms with E-state index in [0.29, 0.717) is 25.1 Å². The maximum absolute atomic E-state index is 13.1. The molecule has 2 aromatic carbocycles. The van der Waals surface area contributed by atoms with E-state index in [0.717, 1.165) is 12.1 Å². The number of phosphoric ester groups is 1. The number of rotatable bonds is 4. The van der Waals surface area contributed by atoms with Crippen LogP contribution in [-0.4, -0.2) is 51.1 Å². The smallest absolute Gasteiger partial charge is 0.507 e. The van der Waals surface area contributed by atoms with Crippen molar-refractivity contribution >= 4 is 30.4 Å². The van der Waals surface area contributed by atoms with Crippen LogP contribution < -0.4 is 9.95 Å². The Morgan fingerprint density at radius 1 is 1.34 bits per heavy atom. The summed E-state index contributed by atoms with van der Waals surface area (Å²) in [4.78, 5) is 33.6. The lowest BCUT2D eigenvalue weighted by molar-refractivity contribution is 0.0630. The second kappa shape index (κ2) is 8.51. The Morgan fingerprint density at radius 3 is 2.75 bits per heavy atom. The summed E-state index contributed by atoms with van der Waals surface area (Å²) in [7, 11) is -3.23. The van der Waals surface area contributed by atoms with Crippen molar-refractivity contribution in [2.75, 3.05) is 20.1 Å². The molecule has 0 bridgehead atoms. The molecule has 1 saturated heterocycles. The van der Waals surface area contributed by atoms with Gasteiger partial charge in [0.15, 0.2) is 5.43 Å². The molecule has 11 heteroatoms. The van der Waals surface area contributed by atoms with Crippen molar-refractivity contribution in [3.05, 3.63) is 57.2 Å². The number of hydrogen-bond donors (Lipinski definition) is 4. The largest absolute Gasteiger partial charge is 0.524 e. The van der Waals surface area contributed by atoms with Gasteiger partial charge in [-0.3, -0.25) is 14.6 Å². The molecule has 9 nitrogen and oxygen atoms in total. The highest BCUT2D eigenvalue weighted by atomic mass is 35.5. The number of phosphoric acid groups is 1. The Labute approximate surface area is 189 Å². The molecule has 0 radical (unpaired) electrons. The Hall–Kier alpha value is -2.39. The van der Waals surface area contributed by atoms with Crippen molar-refractivity contribution in [3.8, 4) is 22.8 Å². The molecule has 0 aliphatic carbocycles. The van der Waals surface area contributed by atoms with E-state index < -0.39 is 36.8 Å². The summed E-state index contributed by atoms with van der Waals surface area (Å²) in [5.41, 5.74) is -0.414. The number of fused-ring (bicyclic) bond motifs is 1. The van der Waals surface area contributed by atoms with Crippen LogP contribution in [0.2, 0.25) is 5.02 Å². The third-order valence-corrected chi connectivity index (χ3v) is 6.18. The Kier molecular flexibility index (Phi) is 5.71. The summed E-state index contributed by atoms with van der Waals surface area (Å²) >= 11 is 6.24. The molecule has 4 rings (SSSR count). The first kappa shape index (κ1) is 21.5. The molecular formula is C21H21ClNO8P. The van der Waals surface area contributed by atoms with Gasteiger partial charge in [-0.15, -0.1) is 0 Å². The number of phenolic OH excluding ortho intramolecular Hbond substituents is 1. The zero-order valence-corrected chi connectivity index (χ0v) is 18.5. The van der Waals surface area contributed by atoms with E-state index in [2.05, 4.69) is 4.52 Å². The first-order valence-corrected chi connectivity index (χ1v) is 11.6. The quantitative estimate of drug-likeness (QED) is 0.413. The van der Waals surface area contributed by atoms with Gasteiger partial charge in [-0.25, -0.2) is 4.57 Å². The van der Waals surface area contributed by atoms with Crippen LogP contribution in [0.25, 0.3) is 22.3 Å². The number of piperidine rings is 1. The Morgan fingerprint density at radius 2 is 2.09 bits per heavy atom. The van der Waals surface area contributed by atoms with Crippen molar-refractivity contribution in [2.45, 2.75) is 18.4 Å². The van der Waals surface area contributed by atoms with Crippen LogP contribution in [0, 0.1) is 0 Å². The number of aliphatic hydroxyl groups excluding tert-OH is 1. The second-order valence-electron chi connectivity index (χ2n) is 7.70. The second-order valence-corrected chi connectivity index (χ2v) is 9.27. The summed E-state index contributed by atoms with van der Waals surface area (Å²) in [5.74, 6) is -1.58. The number of aromatic hydroxyl groups is 1. The SMILES string of the molecule is [2H]c1ccc(-c2cc(=O)c3c(OP(=O)(O)O)cc(O)c(C4CCN(C)CC4O)c3o2)c(Cl)c1. The van der Waals surface area contributed by atoms with E-state index in [9.17, 15) is 29.4 Å². The molecule has 1 aliphatic rings. The number of halogens is 1. The summed E-state index contributed by atoms with van der Waals surface area (Å²) in [6.07, 6.45) is -0.465. The van der Waals surface area contributed by atoms with Gasteiger partial charge in [-0.2, -0.15) is 0 Å². The van der Waals surface area contributed by atoms with Crippen molar-refractivity contribution in [1.29, 1.82) is 0 Å². The summed E-state index contributed by atoms with van der Waals surface area (Å²) in [5, 5.41) is 21.4. The van der Waals surface area contributed by atoms with Gasteiger partial charge in [0.2, 0.25) is 0 Å². The molecule has 3 aromatic rings. The maximum Gasteiger partial charge on any atom is 0.524 e. The number of aliphatic hydroxyl groups is 1. The van der Waals surface area contributed by atoms with Crippen molar-refractivity contribution < 1.29 is 34.9 Å². The fourth-order valence-electron chi connectivity index (χ4n) is 4.03. The number of β-amino-alcohol motifs (C(OH)–C–C–N with tert-alkyl or cyclic N) is 1. The van der Waals surface area contributed by atoms with Crippen molar-refractivity contribution in [2.24, 2.45) is 0 Å². The molecule has 1 aromatic heterocycles. The van der Waals surface area contributed by atoms with Gasteiger partial charge in [-0.1, -0.05) is 23.7 Å². The fraction of sp³-hybridized carbons (Fsp3) is 0.286. The summed E-state index contributed by atoms with van der Waals surface area (Å²) in [6.45, 7) is 0.914. The highest BCUT2D eigenvalue weighted by Crippen LogP contribution is 2.47. The number of benzene rings is 2. The number of phenols is 1. The van der Waals surface area contributed by atoms with Gasteiger partial charge >= 0.3 is 7.82 Å². The van der Waals surface area contributed by atoms with Crippen LogP contribution in [-0.2, 0) is 4.57 Å². The molecule has 1 fully saturated rings. The molecule has 0 amide bonds. The van der Waals surface area contributed by atoms with Crippen LogP contribution in [0.1, 0.15) is 19.3 Å². The lowest BCUT2D eigenvalue weighted by atomic mass is 9.85. The van der Waals surface area contributed by atoms with E-state index in [4.69, 9.17) is 17.4 Å². The Bertz CT molecular complexity index is 1340. The van der Waals surface area contributed by atoms with Gasteiger partial charge in [0.1, 0.15) is 28.2 Å². The van der Waals surface area contributed by atoms with Crippen LogP contribution >= 0.6 is 19.4 Å². The molecule has 0 saturated carbocycles. The van der Waals surface area contributed by atoms with Gasteiger partial charge in [0.25, 0.3) is 0 Å². The normalized spacial score (nSPS) is 20.3. The highest BCUT2D eigenvalue weighted by molar-refractivity contribution is 7.46. The summed E-state index contributed by atoms with van der Waals surface area (Å²) < 4.78 is 29.8. The monoisotopic (exact) mass is 482 g/mol. The van der Waals surface area contributed by atoms with Crippen LogP contribution in [0.3, 0.4) is 0 Å². The van der Waals surface area contributed by atoms with E-state index >= 15 is 0 Å². The first-order chi connectivity index (χ1) is 15.4. The zero-order chi connectivity index (χ0) is 24.1. The minimum Gasteiger partial charge on any atom is -0.507 e. The molecule has 2 atom stereocenters. The minimum absolute atomic E-state index is 0.0221. The van der Waals surface area contributed by atoms with Gasteiger partial charge < -0.3 is 24.1 Å². The predicted molar refractivity (Wildman–Crippen MR) is 118 cm³/mol. The lowest BCUT2D eigenvalue weighted by Crippen LogP contribution is -2.40. The van der Waals surface area contributed by atoms with Gasteiger partial charge in [0.05, 0.1) is 12.5 Å². The average Bonchev–Trinajstić information content (AvgIpc) is 2.67. The van der Waals surface area contributed by atoms with Gasteiger partial charge in [-0.05, 0) is 32.1 Å². The molecule has 1 aliphatic heterocycles. The maximum atomic E-state index is 13.1. The molecular weight excluding hydrogens is 461 g/mol. The highest BCUT2D eigenvalue weighted by Gasteiger charge is 2.34.